The van der Waals surface area contributed by atoms with Gasteiger partial charge in [0.15, 0.2) is 0 Å². The monoisotopic (exact) mass is 358 g/mol. The van der Waals surface area contributed by atoms with Gasteiger partial charge in [-0.15, -0.1) is 0 Å². The van der Waals surface area contributed by atoms with E-state index >= 15 is 0 Å². The number of amides is 2. The van der Waals surface area contributed by atoms with E-state index in [2.05, 4.69) is 20.6 Å². The Hall–Kier alpha value is -2.84. The van der Waals surface area contributed by atoms with Gasteiger partial charge in [0.25, 0.3) is 11.8 Å². The molecule has 0 aliphatic rings. The second kappa shape index (κ2) is 10.2. The summed E-state index contributed by atoms with van der Waals surface area (Å²) in [6, 6.07) is 10.2. The number of hydrogen-bond acceptors (Lipinski definition) is 6. The van der Waals surface area contributed by atoms with Crippen molar-refractivity contribution in [1.29, 1.82) is 0 Å². The third-order valence-electron chi connectivity index (χ3n) is 3.60. The number of aliphatic hydroxyl groups is 1. The van der Waals surface area contributed by atoms with Crippen molar-refractivity contribution in [2.45, 2.75) is 19.1 Å². The summed E-state index contributed by atoms with van der Waals surface area (Å²) < 4.78 is 5.48. The van der Waals surface area contributed by atoms with E-state index in [1.54, 1.807) is 31.2 Å². The smallest absolute Gasteiger partial charge is 0.270 e. The molecule has 2 amide bonds. The van der Waals surface area contributed by atoms with E-state index in [1.807, 2.05) is 6.07 Å². The van der Waals surface area contributed by atoms with Gasteiger partial charge in [-0.25, -0.2) is 9.97 Å². The van der Waals surface area contributed by atoms with Crippen molar-refractivity contribution in [3.05, 3.63) is 60.2 Å². The van der Waals surface area contributed by atoms with Crippen LogP contribution in [0.4, 0.5) is 0 Å². The summed E-state index contributed by atoms with van der Waals surface area (Å²) in [5.41, 5.74) is 0.729. The van der Waals surface area contributed by atoms with Crippen LogP contribution < -0.4 is 10.6 Å². The van der Waals surface area contributed by atoms with Gasteiger partial charge in [0.05, 0.1) is 6.10 Å². The zero-order chi connectivity index (χ0) is 18.8. The molecule has 1 aromatic heterocycles. The summed E-state index contributed by atoms with van der Waals surface area (Å²) in [4.78, 5) is 31.7. The molecule has 8 nitrogen and oxygen atoms in total. The van der Waals surface area contributed by atoms with Crippen molar-refractivity contribution in [2.75, 3.05) is 19.7 Å². The highest BCUT2D eigenvalue weighted by Crippen LogP contribution is 2.02. The number of aromatic nitrogens is 2. The van der Waals surface area contributed by atoms with Gasteiger partial charge in [-0.2, -0.15) is 0 Å². The van der Waals surface area contributed by atoms with E-state index in [1.165, 1.54) is 18.6 Å². The molecule has 0 saturated carbocycles. The first-order chi connectivity index (χ1) is 12.6. The lowest BCUT2D eigenvalue weighted by atomic mass is 10.1. The molecular weight excluding hydrogens is 336 g/mol. The zero-order valence-electron chi connectivity index (χ0n) is 14.5. The molecule has 2 aromatic rings. The molecule has 3 N–H and O–H groups in total. The molecule has 2 rings (SSSR count). The Balaban J connectivity index is 1.85. The molecule has 2 atom stereocenters. The van der Waals surface area contributed by atoms with Gasteiger partial charge in [0, 0.05) is 31.5 Å². The van der Waals surface area contributed by atoms with Crippen LogP contribution in [0.25, 0.3) is 0 Å². The maximum Gasteiger partial charge on any atom is 0.270 e. The van der Waals surface area contributed by atoms with Crippen LogP contribution in [0.1, 0.15) is 27.8 Å². The fraction of sp³-hybridized carbons (Fsp3) is 0.333. The molecule has 1 heterocycles. The van der Waals surface area contributed by atoms with Crippen LogP contribution in [0, 0.1) is 0 Å². The van der Waals surface area contributed by atoms with Gasteiger partial charge in [-0.05, 0) is 25.1 Å². The second-order valence-electron chi connectivity index (χ2n) is 5.44. The number of aliphatic hydroxyl groups excluding tert-OH is 1. The highest BCUT2D eigenvalue weighted by atomic mass is 16.5. The van der Waals surface area contributed by atoms with Crippen LogP contribution in [-0.4, -0.2) is 58.8 Å². The SMILES string of the molecule is CCO[C@H](CNC(=O)c1ccncn1)[C@@H](O)CNC(=O)c1ccccc1. The van der Waals surface area contributed by atoms with Crippen molar-refractivity contribution in [3.63, 3.8) is 0 Å². The Kier molecular flexibility index (Phi) is 7.66. The normalized spacial score (nSPS) is 12.8. The van der Waals surface area contributed by atoms with Crippen molar-refractivity contribution < 1.29 is 19.4 Å². The standard InChI is InChI=1S/C18H22N4O4/c1-2-26-16(11-21-18(25)14-8-9-19-12-22-14)15(23)10-20-17(24)13-6-4-3-5-7-13/h3-9,12,15-16,23H,2,10-11H2,1H3,(H,20,24)(H,21,25)/t15-,16+/m0/s1. The minimum atomic E-state index is -0.978. The van der Waals surface area contributed by atoms with E-state index in [4.69, 9.17) is 4.74 Å². The van der Waals surface area contributed by atoms with E-state index < -0.39 is 18.1 Å². The van der Waals surface area contributed by atoms with Crippen LogP contribution in [0.2, 0.25) is 0 Å². The maximum absolute atomic E-state index is 12.0. The first-order valence-electron chi connectivity index (χ1n) is 8.29. The lowest BCUT2D eigenvalue weighted by Crippen LogP contribution is -2.46. The van der Waals surface area contributed by atoms with Gasteiger partial charge < -0.3 is 20.5 Å². The topological polar surface area (TPSA) is 113 Å². The van der Waals surface area contributed by atoms with E-state index in [9.17, 15) is 14.7 Å². The minimum absolute atomic E-state index is 0.00176. The number of rotatable bonds is 9. The van der Waals surface area contributed by atoms with Crippen LogP contribution in [0.5, 0.6) is 0 Å². The van der Waals surface area contributed by atoms with Gasteiger partial charge in [-0.1, -0.05) is 18.2 Å². The number of carbonyl (C=O) groups is 2. The first kappa shape index (κ1) is 19.5. The summed E-state index contributed by atoms with van der Waals surface area (Å²) in [6.07, 6.45) is 1.11. The highest BCUT2D eigenvalue weighted by molar-refractivity contribution is 5.94. The molecule has 0 radical (unpaired) electrons. The summed E-state index contributed by atoms with van der Waals surface area (Å²) in [6.45, 7) is 2.23. The molecule has 26 heavy (non-hydrogen) atoms. The molecule has 0 bridgehead atoms. The van der Waals surface area contributed by atoms with Crippen molar-refractivity contribution in [1.82, 2.24) is 20.6 Å². The minimum Gasteiger partial charge on any atom is -0.388 e. The molecule has 0 aliphatic heterocycles. The van der Waals surface area contributed by atoms with E-state index in [0.29, 0.717) is 12.2 Å². The number of carbonyl (C=O) groups excluding carboxylic acids is 2. The largest absolute Gasteiger partial charge is 0.388 e. The van der Waals surface area contributed by atoms with Crippen LogP contribution >= 0.6 is 0 Å². The van der Waals surface area contributed by atoms with Gasteiger partial charge in [0.1, 0.15) is 18.1 Å². The Labute approximate surface area is 151 Å². The Morgan fingerprint density at radius 2 is 1.85 bits per heavy atom. The van der Waals surface area contributed by atoms with E-state index in [0.717, 1.165) is 0 Å². The summed E-state index contributed by atoms with van der Waals surface area (Å²) in [7, 11) is 0. The molecule has 138 valence electrons. The average molecular weight is 358 g/mol. The van der Waals surface area contributed by atoms with Crippen LogP contribution in [-0.2, 0) is 4.74 Å². The Morgan fingerprint density at radius 3 is 2.50 bits per heavy atom. The lowest BCUT2D eigenvalue weighted by Gasteiger charge is -2.23. The summed E-state index contributed by atoms with van der Waals surface area (Å²) >= 11 is 0. The third kappa shape index (κ3) is 5.91. The zero-order valence-corrected chi connectivity index (χ0v) is 14.5. The molecule has 0 fully saturated rings. The predicted octanol–water partition coefficient (Wildman–Crippen LogP) is 0.402. The third-order valence-corrected chi connectivity index (χ3v) is 3.60. The molecule has 8 heteroatoms. The Morgan fingerprint density at radius 1 is 1.12 bits per heavy atom. The highest BCUT2D eigenvalue weighted by Gasteiger charge is 2.21. The quantitative estimate of drug-likeness (QED) is 0.598. The summed E-state index contributed by atoms with van der Waals surface area (Å²) in [5, 5.41) is 15.6. The molecule has 0 unspecified atom stereocenters. The fourth-order valence-corrected chi connectivity index (χ4v) is 2.25. The predicted molar refractivity (Wildman–Crippen MR) is 94.6 cm³/mol. The molecule has 1 aromatic carbocycles. The van der Waals surface area contributed by atoms with Crippen molar-refractivity contribution in [3.8, 4) is 0 Å². The lowest BCUT2D eigenvalue weighted by molar-refractivity contribution is -0.0287. The molecular formula is C18H22N4O4. The second-order valence-corrected chi connectivity index (χ2v) is 5.44. The number of benzene rings is 1. The first-order valence-corrected chi connectivity index (χ1v) is 8.29. The molecule has 0 saturated heterocycles. The fourth-order valence-electron chi connectivity index (χ4n) is 2.25. The average Bonchev–Trinajstić information content (AvgIpc) is 2.70. The number of hydrogen-bond donors (Lipinski definition) is 3. The van der Waals surface area contributed by atoms with Crippen molar-refractivity contribution >= 4 is 11.8 Å². The number of nitrogens with zero attached hydrogens (tertiary/aromatic N) is 2. The number of ether oxygens (including phenoxy) is 1. The van der Waals surface area contributed by atoms with Gasteiger partial charge in [-0.3, -0.25) is 9.59 Å². The van der Waals surface area contributed by atoms with E-state index in [-0.39, 0.29) is 24.7 Å². The molecule has 0 spiro atoms. The Bertz CT molecular complexity index is 697. The summed E-state index contributed by atoms with van der Waals surface area (Å²) in [5.74, 6) is -0.678. The van der Waals surface area contributed by atoms with Crippen molar-refractivity contribution in [2.24, 2.45) is 0 Å². The van der Waals surface area contributed by atoms with Gasteiger partial charge in [0.2, 0.25) is 0 Å². The maximum atomic E-state index is 12.0. The number of nitrogens with one attached hydrogen (secondary N) is 2. The van der Waals surface area contributed by atoms with Gasteiger partial charge >= 0.3 is 0 Å². The molecule has 0 aliphatic carbocycles. The van der Waals surface area contributed by atoms with Crippen LogP contribution in [0.3, 0.4) is 0 Å². The van der Waals surface area contributed by atoms with Crippen LogP contribution in [0.15, 0.2) is 48.9 Å².